The summed E-state index contributed by atoms with van der Waals surface area (Å²) in [6.45, 7) is 2.13. The molecule has 18 heavy (non-hydrogen) atoms. The number of carbonyl (C=O) groups is 1. The lowest BCUT2D eigenvalue weighted by Gasteiger charge is -2.09. The van der Waals surface area contributed by atoms with E-state index in [0.29, 0.717) is 0 Å². The minimum absolute atomic E-state index is 0.0752. The van der Waals surface area contributed by atoms with Gasteiger partial charge in [-0.2, -0.15) is 13.2 Å². The number of ether oxygens (including phenoxy) is 1. The van der Waals surface area contributed by atoms with Gasteiger partial charge in [-0.25, -0.2) is 4.98 Å². The third kappa shape index (κ3) is 4.60. The molecule has 0 fully saturated rings. The molecule has 1 aromatic rings. The highest BCUT2D eigenvalue weighted by Crippen LogP contribution is 2.29. The van der Waals surface area contributed by atoms with Gasteiger partial charge in [-0.15, -0.1) is 0 Å². The molecule has 1 rings (SSSR count). The molecule has 100 valence electrons. The number of rotatable bonds is 5. The molecule has 1 aromatic heterocycles. The second-order valence-corrected chi connectivity index (χ2v) is 3.41. The van der Waals surface area contributed by atoms with Crippen molar-refractivity contribution in [2.75, 3.05) is 18.5 Å². The first-order valence-corrected chi connectivity index (χ1v) is 5.36. The molecule has 0 aromatic carbocycles. The molecule has 0 aliphatic rings. The van der Waals surface area contributed by atoms with E-state index in [1.54, 1.807) is 6.92 Å². The lowest BCUT2D eigenvalue weighted by Crippen LogP contribution is -2.13. The second kappa shape index (κ2) is 6.23. The van der Waals surface area contributed by atoms with E-state index in [9.17, 15) is 18.0 Å². The van der Waals surface area contributed by atoms with Crippen LogP contribution in [-0.4, -0.2) is 24.1 Å². The van der Waals surface area contributed by atoms with Crippen LogP contribution in [0.2, 0.25) is 0 Å². The maximum Gasteiger partial charge on any atom is 0.416 e. The topological polar surface area (TPSA) is 51.2 Å². The highest BCUT2D eigenvalue weighted by molar-refractivity contribution is 5.69. The van der Waals surface area contributed by atoms with Crippen molar-refractivity contribution in [1.82, 2.24) is 4.98 Å². The third-order valence-corrected chi connectivity index (χ3v) is 2.03. The Morgan fingerprint density at radius 2 is 2.22 bits per heavy atom. The van der Waals surface area contributed by atoms with Gasteiger partial charge < -0.3 is 10.1 Å². The van der Waals surface area contributed by atoms with Crippen molar-refractivity contribution in [2.45, 2.75) is 19.5 Å². The predicted molar refractivity (Wildman–Crippen MR) is 59.0 cm³/mol. The van der Waals surface area contributed by atoms with Gasteiger partial charge in [0.25, 0.3) is 0 Å². The lowest BCUT2D eigenvalue weighted by atomic mass is 10.2. The lowest BCUT2D eigenvalue weighted by molar-refractivity contribution is -0.142. The fourth-order valence-corrected chi connectivity index (χ4v) is 1.23. The van der Waals surface area contributed by atoms with Crippen LogP contribution in [-0.2, 0) is 15.7 Å². The molecule has 1 heterocycles. The summed E-state index contributed by atoms with van der Waals surface area (Å²) in [5.74, 6) is -0.328. The fourth-order valence-electron chi connectivity index (χ4n) is 1.23. The molecule has 0 atom stereocenters. The van der Waals surface area contributed by atoms with Crippen molar-refractivity contribution >= 4 is 11.8 Å². The smallest absolute Gasteiger partial charge is 0.416 e. The molecule has 1 N–H and O–H groups in total. The monoisotopic (exact) mass is 262 g/mol. The largest absolute Gasteiger partial charge is 0.466 e. The number of pyridine rings is 1. The molecule has 0 saturated carbocycles. The Morgan fingerprint density at radius 1 is 1.50 bits per heavy atom. The molecule has 0 amide bonds. The van der Waals surface area contributed by atoms with Crippen LogP contribution in [0.1, 0.15) is 18.9 Å². The summed E-state index contributed by atoms with van der Waals surface area (Å²) in [4.78, 5) is 14.7. The molecule has 7 heteroatoms. The maximum absolute atomic E-state index is 12.4. The first-order valence-electron chi connectivity index (χ1n) is 5.36. The van der Waals surface area contributed by atoms with E-state index in [4.69, 9.17) is 0 Å². The summed E-state index contributed by atoms with van der Waals surface area (Å²) in [6.07, 6.45) is -3.26. The highest BCUT2D eigenvalue weighted by atomic mass is 19.4. The first kappa shape index (κ1) is 14.3. The molecular weight excluding hydrogens is 249 g/mol. The average molecular weight is 262 g/mol. The number of nitrogens with zero attached hydrogens (tertiary/aromatic N) is 1. The van der Waals surface area contributed by atoms with Gasteiger partial charge in [0.2, 0.25) is 0 Å². The number of alkyl halides is 3. The fraction of sp³-hybridized carbons (Fsp3) is 0.455. The van der Waals surface area contributed by atoms with Crippen LogP contribution >= 0.6 is 0 Å². The quantitative estimate of drug-likeness (QED) is 0.828. The number of carbonyl (C=O) groups excluding carboxylic acids is 1. The van der Waals surface area contributed by atoms with Crippen LogP contribution in [0.5, 0.6) is 0 Å². The van der Waals surface area contributed by atoms with E-state index in [1.807, 2.05) is 0 Å². The number of aromatic nitrogens is 1. The van der Waals surface area contributed by atoms with Gasteiger partial charge >= 0.3 is 12.1 Å². The summed E-state index contributed by atoms with van der Waals surface area (Å²) in [5.41, 5.74) is -0.781. The third-order valence-electron chi connectivity index (χ3n) is 2.03. The molecule has 0 aliphatic heterocycles. The number of anilines is 1. The van der Waals surface area contributed by atoms with E-state index >= 15 is 0 Å². The summed E-state index contributed by atoms with van der Waals surface area (Å²) >= 11 is 0. The van der Waals surface area contributed by atoms with Crippen LogP contribution in [0.3, 0.4) is 0 Å². The Labute approximate surface area is 102 Å². The van der Waals surface area contributed by atoms with Crippen molar-refractivity contribution in [2.24, 2.45) is 0 Å². The second-order valence-electron chi connectivity index (χ2n) is 3.41. The van der Waals surface area contributed by atoms with Gasteiger partial charge in [-0.3, -0.25) is 4.79 Å². The van der Waals surface area contributed by atoms with Crippen molar-refractivity contribution < 1.29 is 22.7 Å². The van der Waals surface area contributed by atoms with Crippen LogP contribution in [0.4, 0.5) is 19.0 Å². The Kier molecular flexibility index (Phi) is 4.94. The summed E-state index contributed by atoms with van der Waals surface area (Å²) < 4.78 is 41.8. The normalized spacial score (nSPS) is 11.1. The van der Waals surface area contributed by atoms with E-state index in [0.717, 1.165) is 18.3 Å². The minimum Gasteiger partial charge on any atom is -0.466 e. The van der Waals surface area contributed by atoms with Gasteiger partial charge in [-0.1, -0.05) is 0 Å². The van der Waals surface area contributed by atoms with Gasteiger partial charge in [0.15, 0.2) is 0 Å². The zero-order valence-corrected chi connectivity index (χ0v) is 9.75. The summed E-state index contributed by atoms with van der Waals surface area (Å²) in [5, 5.41) is 2.63. The molecule has 0 unspecified atom stereocenters. The van der Waals surface area contributed by atoms with Gasteiger partial charge in [-0.05, 0) is 19.1 Å². The number of nitrogens with one attached hydrogen (secondary N) is 1. The molecule has 4 nitrogen and oxygen atoms in total. The van der Waals surface area contributed by atoms with Crippen molar-refractivity contribution in [3.05, 3.63) is 23.9 Å². The van der Waals surface area contributed by atoms with Crippen molar-refractivity contribution in [1.29, 1.82) is 0 Å². The molecule has 0 saturated heterocycles. The molecule has 0 bridgehead atoms. The van der Waals surface area contributed by atoms with Crippen LogP contribution in [0, 0.1) is 0 Å². The number of esters is 1. The summed E-state index contributed by atoms with van der Waals surface area (Å²) in [6, 6.07) is 1.78. The zero-order valence-electron chi connectivity index (χ0n) is 9.75. The standard InChI is InChI=1S/C11H13F3N2O2/c1-2-18-10(17)4-6-16-9-7-8(3-5-15-9)11(12,13)14/h3,5,7H,2,4,6H2,1H3,(H,15,16). The molecule has 0 radical (unpaired) electrons. The zero-order chi connectivity index (χ0) is 13.6. The molecule has 0 aliphatic carbocycles. The van der Waals surface area contributed by atoms with Crippen LogP contribution in [0.15, 0.2) is 18.3 Å². The van der Waals surface area contributed by atoms with Crippen LogP contribution < -0.4 is 5.32 Å². The van der Waals surface area contributed by atoms with E-state index in [-0.39, 0.29) is 25.4 Å². The average Bonchev–Trinajstić information content (AvgIpc) is 2.29. The van der Waals surface area contributed by atoms with Gasteiger partial charge in [0.1, 0.15) is 5.82 Å². The van der Waals surface area contributed by atoms with Crippen molar-refractivity contribution in [3.8, 4) is 0 Å². The molecule has 0 spiro atoms. The molecular formula is C11H13F3N2O2. The Morgan fingerprint density at radius 3 is 2.83 bits per heavy atom. The van der Waals surface area contributed by atoms with Crippen molar-refractivity contribution in [3.63, 3.8) is 0 Å². The van der Waals surface area contributed by atoms with E-state index in [2.05, 4.69) is 15.0 Å². The Hall–Kier alpha value is -1.79. The maximum atomic E-state index is 12.4. The first-order chi connectivity index (χ1) is 8.43. The van der Waals surface area contributed by atoms with E-state index < -0.39 is 17.7 Å². The minimum atomic E-state index is -4.40. The SMILES string of the molecule is CCOC(=O)CCNc1cc(C(F)(F)F)ccn1. The Bertz CT molecular complexity index is 408. The number of hydrogen-bond donors (Lipinski definition) is 1. The summed E-state index contributed by atoms with van der Waals surface area (Å²) in [7, 11) is 0. The predicted octanol–water partition coefficient (Wildman–Crippen LogP) is 2.47. The number of hydrogen-bond acceptors (Lipinski definition) is 4. The van der Waals surface area contributed by atoms with Gasteiger partial charge in [0.05, 0.1) is 18.6 Å². The van der Waals surface area contributed by atoms with Gasteiger partial charge in [0, 0.05) is 12.7 Å². The van der Waals surface area contributed by atoms with Crippen LogP contribution in [0.25, 0.3) is 0 Å². The Balaban J connectivity index is 2.51. The highest BCUT2D eigenvalue weighted by Gasteiger charge is 2.30. The van der Waals surface area contributed by atoms with E-state index in [1.165, 1.54) is 0 Å². The number of halogens is 3.